The van der Waals surface area contributed by atoms with E-state index < -0.39 is 17.8 Å². The third-order valence-electron chi connectivity index (χ3n) is 3.62. The Morgan fingerprint density at radius 1 is 1.35 bits per heavy atom. The van der Waals surface area contributed by atoms with Gasteiger partial charge in [0, 0.05) is 20.2 Å². The molecule has 1 aromatic carbocycles. The molecule has 26 heavy (non-hydrogen) atoms. The topological polar surface area (TPSA) is 88.1 Å². The molecule has 2 N–H and O–H groups in total. The first-order chi connectivity index (χ1) is 12.2. The molecule has 1 aliphatic rings. The van der Waals surface area contributed by atoms with Crippen molar-refractivity contribution in [3.63, 3.8) is 0 Å². The van der Waals surface area contributed by atoms with Gasteiger partial charge in [0.25, 0.3) is 0 Å². The van der Waals surface area contributed by atoms with Crippen LogP contribution in [-0.2, 0) is 20.9 Å². The van der Waals surface area contributed by atoms with Crippen LogP contribution in [0.25, 0.3) is 0 Å². The highest BCUT2D eigenvalue weighted by molar-refractivity contribution is 5.68. The number of alkyl carbamates (subject to hydrolysis) is 1. The molecule has 0 bridgehead atoms. The molecule has 1 aliphatic heterocycles. The number of β-amino-alcohol motifs (C(OH)–C–C–N with tert-alkyl or cyclic N) is 1. The number of ether oxygens (including phenoxy) is 2. The molecule has 146 valence electrons. The fourth-order valence-electron chi connectivity index (χ4n) is 2.42. The number of carbonyl (C=O) groups excluding carboxylic acids is 2. The number of likely N-dealkylation sites (tertiary alicyclic amines) is 1. The molecule has 0 spiro atoms. The number of methoxy groups -OCH3 is 1. The Morgan fingerprint density at radius 2 is 2.00 bits per heavy atom. The number of piperidine rings is 1. The zero-order valence-electron chi connectivity index (χ0n) is 16.0. The van der Waals surface area contributed by atoms with E-state index in [1.165, 1.54) is 10.5 Å². The van der Waals surface area contributed by atoms with Crippen LogP contribution in [0, 0.1) is 0 Å². The molecule has 2 unspecified atom stereocenters. The van der Waals surface area contributed by atoms with E-state index in [2.05, 4.69) is 5.32 Å². The molecule has 1 fully saturated rings. The van der Waals surface area contributed by atoms with Crippen LogP contribution in [0.1, 0.15) is 32.8 Å². The van der Waals surface area contributed by atoms with Gasteiger partial charge < -0.3 is 24.8 Å². The van der Waals surface area contributed by atoms with Gasteiger partial charge in [-0.3, -0.25) is 4.79 Å². The molecule has 2 amide bonds. The zero-order valence-corrected chi connectivity index (χ0v) is 16.0. The molecule has 7 heteroatoms. The van der Waals surface area contributed by atoms with Crippen molar-refractivity contribution < 1.29 is 24.2 Å². The highest BCUT2D eigenvalue weighted by Crippen LogP contribution is 2.12. The summed E-state index contributed by atoms with van der Waals surface area (Å²) in [5.41, 5.74) is 0.665. The average Bonchev–Trinajstić information content (AvgIpc) is 2.57. The highest BCUT2D eigenvalue weighted by atomic mass is 16.6. The number of benzene rings is 1. The maximum Gasteiger partial charge on any atom is 0.407 e. The second kappa shape index (κ2) is 10.8. The summed E-state index contributed by atoms with van der Waals surface area (Å²) in [6.45, 7) is 6.81. The number of carbonyl (C=O) groups is 2. The lowest BCUT2D eigenvalue weighted by atomic mass is 10.0. The Morgan fingerprint density at radius 3 is 2.50 bits per heavy atom. The van der Waals surface area contributed by atoms with Gasteiger partial charge >= 0.3 is 6.09 Å². The molecule has 0 aliphatic carbocycles. The Kier molecular flexibility index (Phi) is 9.09. The Bertz CT molecular complexity index is 545. The first-order valence-electron chi connectivity index (χ1n) is 8.65. The van der Waals surface area contributed by atoms with E-state index in [4.69, 9.17) is 9.47 Å². The molecular weight excluding hydrogens is 336 g/mol. The summed E-state index contributed by atoms with van der Waals surface area (Å²) in [5.74, 6) is 0. The van der Waals surface area contributed by atoms with Crippen LogP contribution >= 0.6 is 0 Å². The quantitative estimate of drug-likeness (QED) is 0.795. The van der Waals surface area contributed by atoms with E-state index in [0.29, 0.717) is 26.0 Å². The number of nitrogens with one attached hydrogen (secondary N) is 1. The molecule has 2 atom stereocenters. The van der Waals surface area contributed by atoms with Gasteiger partial charge in [-0.1, -0.05) is 30.3 Å². The molecule has 1 heterocycles. The van der Waals surface area contributed by atoms with Crippen molar-refractivity contribution in [2.45, 2.75) is 51.5 Å². The van der Waals surface area contributed by atoms with Gasteiger partial charge in [0.05, 0.1) is 18.8 Å². The number of rotatable bonds is 4. The largest absolute Gasteiger partial charge is 0.444 e. The summed E-state index contributed by atoms with van der Waals surface area (Å²) in [5, 5.41) is 12.4. The van der Waals surface area contributed by atoms with Crippen molar-refractivity contribution in [1.29, 1.82) is 0 Å². The number of aliphatic hydroxyl groups is 1. The molecule has 7 nitrogen and oxygen atoms in total. The third kappa shape index (κ3) is 8.82. The number of aliphatic hydroxyl groups excluding tert-OH is 1. The summed E-state index contributed by atoms with van der Waals surface area (Å²) >= 11 is 0. The first-order valence-corrected chi connectivity index (χ1v) is 8.65. The SMILES string of the molecule is CC(C)(C)OC(=O)NC1CCN(C=O)CC1O.COCc1ccccc1. The molecule has 0 radical (unpaired) electrons. The Balaban J connectivity index is 0.000000314. The van der Waals surface area contributed by atoms with Crippen LogP contribution in [0.3, 0.4) is 0 Å². The lowest BCUT2D eigenvalue weighted by Gasteiger charge is -2.34. The zero-order chi connectivity index (χ0) is 19.6. The van der Waals surface area contributed by atoms with Crippen LogP contribution in [0.4, 0.5) is 4.79 Å². The lowest BCUT2D eigenvalue weighted by molar-refractivity contribution is -0.121. The van der Waals surface area contributed by atoms with Gasteiger partial charge in [0.1, 0.15) is 5.60 Å². The van der Waals surface area contributed by atoms with Crippen molar-refractivity contribution in [3.05, 3.63) is 35.9 Å². The number of nitrogens with zero attached hydrogens (tertiary/aromatic N) is 1. The van der Waals surface area contributed by atoms with Crippen molar-refractivity contribution in [1.82, 2.24) is 10.2 Å². The number of amides is 2. The summed E-state index contributed by atoms with van der Waals surface area (Å²) in [6, 6.07) is 9.75. The van der Waals surface area contributed by atoms with Crippen LogP contribution in [0.15, 0.2) is 30.3 Å². The molecule has 0 saturated carbocycles. The van der Waals surface area contributed by atoms with E-state index >= 15 is 0 Å². The molecular formula is C19H30N2O5. The predicted molar refractivity (Wildman–Crippen MR) is 98.6 cm³/mol. The van der Waals surface area contributed by atoms with E-state index in [1.54, 1.807) is 27.9 Å². The highest BCUT2D eigenvalue weighted by Gasteiger charge is 2.29. The van der Waals surface area contributed by atoms with Crippen molar-refractivity contribution in [2.75, 3.05) is 20.2 Å². The normalized spacial score (nSPS) is 19.8. The monoisotopic (exact) mass is 366 g/mol. The van der Waals surface area contributed by atoms with Crippen LogP contribution in [0.5, 0.6) is 0 Å². The van der Waals surface area contributed by atoms with Crippen LogP contribution in [0.2, 0.25) is 0 Å². The second-order valence-corrected chi connectivity index (χ2v) is 7.13. The minimum absolute atomic E-state index is 0.240. The Hall–Kier alpha value is -2.12. The lowest BCUT2D eigenvalue weighted by Crippen LogP contribution is -2.54. The smallest absolute Gasteiger partial charge is 0.407 e. The van der Waals surface area contributed by atoms with Crippen molar-refractivity contribution in [2.24, 2.45) is 0 Å². The Labute approximate surface area is 155 Å². The summed E-state index contributed by atoms with van der Waals surface area (Å²) < 4.78 is 10.0. The van der Waals surface area contributed by atoms with Gasteiger partial charge in [0.15, 0.2) is 0 Å². The van der Waals surface area contributed by atoms with Crippen molar-refractivity contribution >= 4 is 12.5 Å². The van der Waals surface area contributed by atoms with Gasteiger partial charge in [-0.15, -0.1) is 0 Å². The number of hydrogen-bond donors (Lipinski definition) is 2. The van der Waals surface area contributed by atoms with E-state index in [9.17, 15) is 14.7 Å². The third-order valence-corrected chi connectivity index (χ3v) is 3.62. The standard InChI is InChI=1S/C11H20N2O4.C8H10O/c1-11(2,3)17-10(16)12-8-4-5-13(7-14)6-9(8)15;1-9-7-8-5-3-2-4-6-8/h7-9,15H,4-6H2,1-3H3,(H,12,16);2-6H,7H2,1H3. The van der Waals surface area contributed by atoms with Crippen molar-refractivity contribution in [3.8, 4) is 0 Å². The molecule has 2 rings (SSSR count). The molecule has 1 aromatic rings. The maximum absolute atomic E-state index is 11.5. The average molecular weight is 366 g/mol. The molecule has 0 aromatic heterocycles. The minimum atomic E-state index is -0.749. The van der Waals surface area contributed by atoms with Gasteiger partial charge in [-0.05, 0) is 32.8 Å². The summed E-state index contributed by atoms with van der Waals surface area (Å²) in [4.78, 5) is 23.5. The fourth-order valence-corrected chi connectivity index (χ4v) is 2.42. The predicted octanol–water partition coefficient (Wildman–Crippen LogP) is 1.94. The number of hydrogen-bond acceptors (Lipinski definition) is 5. The van der Waals surface area contributed by atoms with Gasteiger partial charge in [0.2, 0.25) is 6.41 Å². The molecule has 1 saturated heterocycles. The van der Waals surface area contributed by atoms with E-state index in [-0.39, 0.29) is 12.6 Å². The van der Waals surface area contributed by atoms with E-state index in [0.717, 1.165) is 0 Å². The van der Waals surface area contributed by atoms with Gasteiger partial charge in [-0.25, -0.2) is 4.79 Å². The fraction of sp³-hybridized carbons (Fsp3) is 0.579. The first kappa shape index (κ1) is 21.9. The van der Waals surface area contributed by atoms with Crippen LogP contribution in [-0.4, -0.2) is 60.5 Å². The summed E-state index contributed by atoms with van der Waals surface area (Å²) in [6.07, 6.45) is -0.0610. The van der Waals surface area contributed by atoms with E-state index in [1.807, 2.05) is 30.3 Å². The maximum atomic E-state index is 11.5. The second-order valence-electron chi connectivity index (χ2n) is 7.13. The van der Waals surface area contributed by atoms with Gasteiger partial charge in [-0.2, -0.15) is 0 Å². The summed E-state index contributed by atoms with van der Waals surface area (Å²) in [7, 11) is 1.70. The van der Waals surface area contributed by atoms with Crippen LogP contribution < -0.4 is 5.32 Å². The minimum Gasteiger partial charge on any atom is -0.444 e.